The van der Waals surface area contributed by atoms with Crippen LogP contribution in [0, 0.1) is 5.92 Å². The van der Waals surface area contributed by atoms with Gasteiger partial charge in [-0.3, -0.25) is 14.5 Å². The quantitative estimate of drug-likeness (QED) is 0.663. The molecular formula is C21H21F3N4O. The van der Waals surface area contributed by atoms with Gasteiger partial charge in [0.25, 0.3) is 0 Å². The van der Waals surface area contributed by atoms with E-state index in [-0.39, 0.29) is 29.8 Å². The SMILES string of the molecule is C[C@H]1C[C@@H](c2ccc(C(F)(F)F)c3ncccc23)CN(C(=O)Cn2cccn2)C1. The maximum Gasteiger partial charge on any atom is 0.418 e. The Balaban J connectivity index is 1.65. The zero-order valence-corrected chi connectivity index (χ0v) is 15.9. The lowest BCUT2D eigenvalue weighted by molar-refractivity contribution is -0.136. The Bertz CT molecular complexity index is 1020. The zero-order chi connectivity index (χ0) is 20.6. The number of hydrogen-bond acceptors (Lipinski definition) is 3. The van der Waals surface area contributed by atoms with Crippen molar-refractivity contribution in [3.63, 3.8) is 0 Å². The molecule has 29 heavy (non-hydrogen) atoms. The van der Waals surface area contributed by atoms with Crippen LogP contribution in [0.2, 0.25) is 0 Å². The van der Waals surface area contributed by atoms with Gasteiger partial charge >= 0.3 is 6.18 Å². The highest BCUT2D eigenvalue weighted by Gasteiger charge is 2.35. The molecule has 1 saturated heterocycles. The summed E-state index contributed by atoms with van der Waals surface area (Å²) in [7, 11) is 0. The number of alkyl halides is 3. The number of pyridine rings is 1. The summed E-state index contributed by atoms with van der Waals surface area (Å²) in [5.74, 6) is 0.151. The second kappa shape index (κ2) is 7.50. The Kier molecular flexibility index (Phi) is 5.02. The first kappa shape index (κ1) is 19.4. The van der Waals surface area contributed by atoms with Gasteiger partial charge in [-0.15, -0.1) is 0 Å². The fourth-order valence-electron chi connectivity index (χ4n) is 4.19. The predicted molar refractivity (Wildman–Crippen MR) is 102 cm³/mol. The highest BCUT2D eigenvalue weighted by molar-refractivity contribution is 5.86. The third-order valence-corrected chi connectivity index (χ3v) is 5.42. The van der Waals surface area contributed by atoms with Crippen LogP contribution in [0.1, 0.15) is 30.4 Å². The maximum absolute atomic E-state index is 13.4. The average Bonchev–Trinajstić information content (AvgIpc) is 3.18. The third-order valence-electron chi connectivity index (χ3n) is 5.42. The molecule has 0 unspecified atom stereocenters. The fraction of sp³-hybridized carbons (Fsp3) is 0.381. The van der Waals surface area contributed by atoms with Crippen molar-refractivity contribution in [1.82, 2.24) is 19.7 Å². The molecule has 1 fully saturated rings. The summed E-state index contributed by atoms with van der Waals surface area (Å²) in [4.78, 5) is 18.5. The summed E-state index contributed by atoms with van der Waals surface area (Å²) in [5.41, 5.74) is 0.0435. The third kappa shape index (κ3) is 3.97. The summed E-state index contributed by atoms with van der Waals surface area (Å²) in [5, 5.41) is 4.58. The number of aromatic nitrogens is 3. The van der Waals surface area contributed by atoms with Crippen LogP contribution in [0.25, 0.3) is 10.9 Å². The van der Waals surface area contributed by atoms with Crippen LogP contribution in [0.4, 0.5) is 13.2 Å². The van der Waals surface area contributed by atoms with Crippen LogP contribution in [0.15, 0.2) is 48.9 Å². The number of benzene rings is 1. The topological polar surface area (TPSA) is 51.0 Å². The number of fused-ring (bicyclic) bond motifs is 1. The number of hydrogen-bond donors (Lipinski definition) is 0. The van der Waals surface area contributed by atoms with E-state index in [0.29, 0.717) is 18.5 Å². The summed E-state index contributed by atoms with van der Waals surface area (Å²) < 4.78 is 41.8. The van der Waals surface area contributed by atoms with Crippen molar-refractivity contribution < 1.29 is 18.0 Å². The number of rotatable bonds is 3. The van der Waals surface area contributed by atoms with E-state index >= 15 is 0 Å². The summed E-state index contributed by atoms with van der Waals surface area (Å²) >= 11 is 0. The molecule has 3 aromatic rings. The zero-order valence-electron chi connectivity index (χ0n) is 15.9. The largest absolute Gasteiger partial charge is 0.418 e. The fourth-order valence-corrected chi connectivity index (χ4v) is 4.19. The molecule has 5 nitrogen and oxygen atoms in total. The number of halogens is 3. The second-order valence-corrected chi connectivity index (χ2v) is 7.64. The Morgan fingerprint density at radius 1 is 1.17 bits per heavy atom. The van der Waals surface area contributed by atoms with Gasteiger partial charge in [-0.05, 0) is 36.1 Å². The summed E-state index contributed by atoms with van der Waals surface area (Å²) in [6, 6.07) is 7.75. The molecule has 1 aliphatic heterocycles. The minimum absolute atomic E-state index is 0.0369. The Labute approximate surface area is 166 Å². The van der Waals surface area contributed by atoms with Crippen LogP contribution in [0.3, 0.4) is 0 Å². The smallest absolute Gasteiger partial charge is 0.340 e. The molecule has 1 aromatic carbocycles. The van der Waals surface area contributed by atoms with Gasteiger partial charge in [0.15, 0.2) is 0 Å². The van der Waals surface area contributed by atoms with E-state index in [0.717, 1.165) is 18.1 Å². The molecule has 0 radical (unpaired) electrons. The molecular weight excluding hydrogens is 381 g/mol. The molecule has 3 heterocycles. The first-order valence-corrected chi connectivity index (χ1v) is 9.53. The Morgan fingerprint density at radius 2 is 2.00 bits per heavy atom. The van der Waals surface area contributed by atoms with E-state index in [4.69, 9.17) is 0 Å². The molecule has 152 valence electrons. The highest BCUT2D eigenvalue weighted by Crippen LogP contribution is 2.39. The van der Waals surface area contributed by atoms with Crippen LogP contribution < -0.4 is 0 Å². The molecule has 0 saturated carbocycles. The molecule has 4 rings (SSSR count). The van der Waals surface area contributed by atoms with Crippen molar-refractivity contribution in [2.45, 2.75) is 32.0 Å². The van der Waals surface area contributed by atoms with Gasteiger partial charge in [-0.1, -0.05) is 19.1 Å². The average molecular weight is 402 g/mol. The molecule has 1 aliphatic rings. The van der Waals surface area contributed by atoms with Gasteiger partial charge < -0.3 is 4.90 Å². The first-order valence-electron chi connectivity index (χ1n) is 9.53. The van der Waals surface area contributed by atoms with Crippen LogP contribution >= 0.6 is 0 Å². The molecule has 8 heteroatoms. The van der Waals surface area contributed by atoms with Gasteiger partial charge in [-0.25, -0.2) is 0 Å². The number of amides is 1. The van der Waals surface area contributed by atoms with Crippen LogP contribution in [0.5, 0.6) is 0 Å². The minimum Gasteiger partial charge on any atom is -0.340 e. The van der Waals surface area contributed by atoms with Crippen LogP contribution in [-0.2, 0) is 17.5 Å². The standard InChI is InChI=1S/C21H21F3N4O/c1-14-10-15(12-27(11-14)19(29)13-28-9-3-8-26-28)16-5-6-18(21(22,23)24)20-17(16)4-2-7-25-20/h2-9,14-15H,10-13H2,1H3/t14-,15+/m0/s1. The van der Waals surface area contributed by atoms with E-state index < -0.39 is 11.7 Å². The van der Waals surface area contributed by atoms with Gasteiger partial charge in [0.1, 0.15) is 6.54 Å². The minimum atomic E-state index is -4.46. The summed E-state index contributed by atoms with van der Waals surface area (Å²) in [6.45, 7) is 3.32. The molecule has 2 atom stereocenters. The van der Waals surface area contributed by atoms with Crippen LogP contribution in [-0.4, -0.2) is 38.7 Å². The Morgan fingerprint density at radius 3 is 2.72 bits per heavy atom. The monoisotopic (exact) mass is 402 g/mol. The molecule has 2 aromatic heterocycles. The van der Waals surface area contributed by atoms with E-state index in [1.54, 1.807) is 46.2 Å². The molecule has 0 aliphatic carbocycles. The number of carbonyl (C=O) groups is 1. The van der Waals surface area contributed by atoms with Gasteiger partial charge in [0.2, 0.25) is 5.91 Å². The Hall–Kier alpha value is -2.90. The number of likely N-dealkylation sites (tertiary alicyclic amines) is 1. The van der Waals surface area contributed by atoms with E-state index in [2.05, 4.69) is 17.0 Å². The molecule has 1 amide bonds. The second-order valence-electron chi connectivity index (χ2n) is 7.64. The summed E-state index contributed by atoms with van der Waals surface area (Å²) in [6.07, 6.45) is 1.08. The van der Waals surface area contributed by atoms with Crippen molar-refractivity contribution in [3.8, 4) is 0 Å². The van der Waals surface area contributed by atoms with E-state index in [1.807, 2.05) is 0 Å². The highest BCUT2D eigenvalue weighted by atomic mass is 19.4. The lowest BCUT2D eigenvalue weighted by Gasteiger charge is -2.37. The van der Waals surface area contributed by atoms with E-state index in [1.165, 1.54) is 6.20 Å². The van der Waals surface area contributed by atoms with Gasteiger partial charge in [0.05, 0.1) is 11.1 Å². The number of nitrogens with zero attached hydrogens (tertiary/aromatic N) is 4. The molecule has 0 bridgehead atoms. The number of carbonyl (C=O) groups excluding carboxylic acids is 1. The molecule has 0 spiro atoms. The molecule has 0 N–H and O–H groups in total. The van der Waals surface area contributed by atoms with Crippen molar-refractivity contribution in [2.24, 2.45) is 5.92 Å². The van der Waals surface area contributed by atoms with Gasteiger partial charge in [0, 0.05) is 43.0 Å². The van der Waals surface area contributed by atoms with Gasteiger partial charge in [-0.2, -0.15) is 18.3 Å². The van der Waals surface area contributed by atoms with Crippen molar-refractivity contribution in [2.75, 3.05) is 13.1 Å². The predicted octanol–water partition coefficient (Wildman–Crippen LogP) is 4.10. The van der Waals surface area contributed by atoms with E-state index in [9.17, 15) is 18.0 Å². The maximum atomic E-state index is 13.4. The normalized spacial score (nSPS) is 20.2. The lowest BCUT2D eigenvalue weighted by atomic mass is 9.83. The lowest BCUT2D eigenvalue weighted by Crippen LogP contribution is -2.44. The van der Waals surface area contributed by atoms with Crippen molar-refractivity contribution >= 4 is 16.8 Å². The van der Waals surface area contributed by atoms with Crippen molar-refractivity contribution in [3.05, 3.63) is 60.0 Å². The number of piperidine rings is 1. The first-order chi connectivity index (χ1) is 13.8. The van der Waals surface area contributed by atoms with Crippen molar-refractivity contribution in [1.29, 1.82) is 0 Å².